The van der Waals surface area contributed by atoms with Crippen LogP contribution in [0.2, 0.25) is 0 Å². The summed E-state index contributed by atoms with van der Waals surface area (Å²) in [6.07, 6.45) is 11.6. The standard InChI is InChI=1S/C27H46O3/c1-17(2)7-6-8-18(3)20-9-10-21-22-16-24(29)23-15-19(28)11-12-26(23,5)27(22,30)14-13-25(20,21)4/h16-21,23-24,28-30H,6-15H2,1-5H3/t18-,19+,20-,21+,23-,24+,25-,26+,27-/m1/s1. The highest BCUT2D eigenvalue weighted by molar-refractivity contribution is 5.36. The number of fused-ring (bicyclic) bond motifs is 5. The molecule has 172 valence electrons. The van der Waals surface area contributed by atoms with Crippen LogP contribution in [0.1, 0.15) is 98.8 Å². The number of aliphatic hydroxyl groups is 3. The average molecular weight is 419 g/mol. The van der Waals surface area contributed by atoms with Crippen LogP contribution in [0.4, 0.5) is 0 Å². The van der Waals surface area contributed by atoms with E-state index in [0.717, 1.165) is 55.4 Å². The molecule has 3 saturated carbocycles. The largest absolute Gasteiger partial charge is 0.393 e. The molecule has 0 amide bonds. The van der Waals surface area contributed by atoms with Crippen LogP contribution in [-0.2, 0) is 0 Å². The van der Waals surface area contributed by atoms with Gasteiger partial charge in [0.1, 0.15) is 0 Å². The van der Waals surface area contributed by atoms with Crippen molar-refractivity contribution in [3.63, 3.8) is 0 Å². The zero-order valence-electron chi connectivity index (χ0n) is 20.0. The molecule has 0 heterocycles. The maximum absolute atomic E-state index is 12.2. The predicted octanol–water partition coefficient (Wildman–Crippen LogP) is 5.47. The minimum absolute atomic E-state index is 0.0356. The summed E-state index contributed by atoms with van der Waals surface area (Å²) in [6.45, 7) is 11.8. The van der Waals surface area contributed by atoms with Gasteiger partial charge in [-0.15, -0.1) is 0 Å². The van der Waals surface area contributed by atoms with Crippen LogP contribution < -0.4 is 0 Å². The maximum Gasteiger partial charge on any atom is 0.0917 e. The minimum atomic E-state index is -0.809. The van der Waals surface area contributed by atoms with Crippen LogP contribution >= 0.6 is 0 Å². The molecule has 0 radical (unpaired) electrons. The monoisotopic (exact) mass is 418 g/mol. The van der Waals surface area contributed by atoms with E-state index in [1.807, 2.05) is 6.08 Å². The molecule has 0 aromatic heterocycles. The third kappa shape index (κ3) is 3.33. The summed E-state index contributed by atoms with van der Waals surface area (Å²) in [5.41, 5.74) is 0.275. The molecule has 3 N–H and O–H groups in total. The van der Waals surface area contributed by atoms with E-state index in [1.54, 1.807) is 0 Å². The van der Waals surface area contributed by atoms with Crippen LogP contribution in [0, 0.1) is 40.4 Å². The summed E-state index contributed by atoms with van der Waals surface area (Å²) in [7, 11) is 0. The lowest BCUT2D eigenvalue weighted by Crippen LogP contribution is -2.64. The van der Waals surface area contributed by atoms with Crippen molar-refractivity contribution in [1.82, 2.24) is 0 Å². The highest BCUT2D eigenvalue weighted by Gasteiger charge is 2.65. The number of hydrogen-bond donors (Lipinski definition) is 3. The second kappa shape index (κ2) is 7.89. The van der Waals surface area contributed by atoms with Crippen LogP contribution in [0.3, 0.4) is 0 Å². The summed E-state index contributed by atoms with van der Waals surface area (Å²) in [5, 5.41) is 33.5. The fraction of sp³-hybridized carbons (Fsp3) is 0.926. The molecule has 0 unspecified atom stereocenters. The zero-order valence-corrected chi connectivity index (χ0v) is 20.0. The van der Waals surface area contributed by atoms with E-state index in [-0.39, 0.29) is 22.9 Å². The quantitative estimate of drug-likeness (QED) is 0.519. The molecule has 0 aliphatic heterocycles. The molecule has 3 heteroatoms. The molecule has 0 spiro atoms. The Morgan fingerprint density at radius 3 is 2.43 bits per heavy atom. The molecule has 30 heavy (non-hydrogen) atoms. The number of aliphatic hydroxyl groups excluding tert-OH is 2. The van der Waals surface area contributed by atoms with Gasteiger partial charge in [-0.25, -0.2) is 0 Å². The normalized spacial score (nSPS) is 49.2. The third-order valence-corrected chi connectivity index (χ3v) is 10.5. The van der Waals surface area contributed by atoms with E-state index >= 15 is 0 Å². The Balaban J connectivity index is 1.59. The van der Waals surface area contributed by atoms with Gasteiger partial charge in [0, 0.05) is 5.41 Å². The molecule has 4 rings (SSSR count). The van der Waals surface area contributed by atoms with Crippen molar-refractivity contribution in [2.24, 2.45) is 40.4 Å². The zero-order chi connectivity index (χ0) is 21.9. The lowest BCUT2D eigenvalue weighted by atomic mass is 9.45. The van der Waals surface area contributed by atoms with Gasteiger partial charge in [0.25, 0.3) is 0 Å². The summed E-state index contributed by atoms with van der Waals surface area (Å²) in [5.74, 6) is 2.59. The Hall–Kier alpha value is -0.380. The van der Waals surface area contributed by atoms with Crippen LogP contribution in [0.15, 0.2) is 11.6 Å². The van der Waals surface area contributed by atoms with E-state index in [9.17, 15) is 15.3 Å². The van der Waals surface area contributed by atoms with E-state index in [4.69, 9.17) is 0 Å². The van der Waals surface area contributed by atoms with E-state index in [1.165, 1.54) is 25.7 Å². The Labute approximate surface area is 184 Å². The molecule has 3 nitrogen and oxygen atoms in total. The van der Waals surface area contributed by atoms with Crippen molar-refractivity contribution in [1.29, 1.82) is 0 Å². The molecule has 0 saturated heterocycles. The minimum Gasteiger partial charge on any atom is -0.393 e. The summed E-state index contributed by atoms with van der Waals surface area (Å²) >= 11 is 0. The van der Waals surface area contributed by atoms with Crippen molar-refractivity contribution >= 4 is 0 Å². The lowest BCUT2D eigenvalue weighted by Gasteiger charge is -2.63. The van der Waals surface area contributed by atoms with Crippen LogP contribution in [0.25, 0.3) is 0 Å². The van der Waals surface area contributed by atoms with Crippen LogP contribution in [0.5, 0.6) is 0 Å². The van der Waals surface area contributed by atoms with Gasteiger partial charge in [-0.1, -0.05) is 60.0 Å². The van der Waals surface area contributed by atoms with Crippen molar-refractivity contribution < 1.29 is 15.3 Å². The van der Waals surface area contributed by atoms with Crippen molar-refractivity contribution in [3.8, 4) is 0 Å². The Morgan fingerprint density at radius 1 is 1.00 bits per heavy atom. The fourth-order valence-electron chi connectivity index (χ4n) is 8.52. The van der Waals surface area contributed by atoms with E-state index in [0.29, 0.717) is 12.3 Å². The van der Waals surface area contributed by atoms with Gasteiger partial charge in [-0.05, 0) is 85.5 Å². The van der Waals surface area contributed by atoms with Crippen molar-refractivity contribution in [2.45, 2.75) is 117 Å². The molecular formula is C27H46O3. The van der Waals surface area contributed by atoms with Gasteiger partial charge >= 0.3 is 0 Å². The van der Waals surface area contributed by atoms with Crippen molar-refractivity contribution in [2.75, 3.05) is 0 Å². The molecule has 3 fully saturated rings. The first-order valence-electron chi connectivity index (χ1n) is 12.8. The highest BCUT2D eigenvalue weighted by Crippen LogP contribution is 2.68. The van der Waals surface area contributed by atoms with Gasteiger partial charge in [0.15, 0.2) is 0 Å². The van der Waals surface area contributed by atoms with Gasteiger partial charge in [0.2, 0.25) is 0 Å². The fourth-order valence-corrected chi connectivity index (χ4v) is 8.52. The highest BCUT2D eigenvalue weighted by atomic mass is 16.3. The Morgan fingerprint density at radius 2 is 1.73 bits per heavy atom. The smallest absolute Gasteiger partial charge is 0.0917 e. The average Bonchev–Trinajstić information content (AvgIpc) is 3.02. The molecule has 0 aromatic rings. The molecule has 9 atom stereocenters. The van der Waals surface area contributed by atoms with Gasteiger partial charge < -0.3 is 15.3 Å². The SMILES string of the molecule is CC(C)CCC[C@@H](C)[C@H]1CC[C@H]2C3=C[C@H](O)[C@H]4C[C@@H](O)CC[C@]4(C)[C@@]3(O)CC[C@]12C. The molecule has 4 aliphatic rings. The second-order valence-corrected chi connectivity index (χ2v) is 12.5. The Kier molecular flexibility index (Phi) is 5.99. The van der Waals surface area contributed by atoms with E-state index in [2.05, 4.69) is 34.6 Å². The first-order valence-corrected chi connectivity index (χ1v) is 12.8. The molecular weight excluding hydrogens is 372 g/mol. The van der Waals surface area contributed by atoms with Gasteiger partial charge in [-0.2, -0.15) is 0 Å². The molecule has 0 bridgehead atoms. The summed E-state index contributed by atoms with van der Waals surface area (Å²) in [6, 6.07) is 0. The second-order valence-electron chi connectivity index (χ2n) is 12.5. The number of rotatable bonds is 5. The van der Waals surface area contributed by atoms with Gasteiger partial charge in [-0.3, -0.25) is 0 Å². The summed E-state index contributed by atoms with van der Waals surface area (Å²) in [4.78, 5) is 0. The lowest BCUT2D eigenvalue weighted by molar-refractivity contribution is -0.175. The maximum atomic E-state index is 12.2. The molecule has 4 aliphatic carbocycles. The number of hydrogen-bond acceptors (Lipinski definition) is 3. The van der Waals surface area contributed by atoms with Crippen molar-refractivity contribution in [3.05, 3.63) is 11.6 Å². The first kappa shape index (κ1) is 22.8. The first-order chi connectivity index (χ1) is 14.0. The molecule has 0 aromatic carbocycles. The Bertz CT molecular complexity index is 671. The topological polar surface area (TPSA) is 60.7 Å². The third-order valence-electron chi connectivity index (χ3n) is 10.5. The summed E-state index contributed by atoms with van der Waals surface area (Å²) < 4.78 is 0. The van der Waals surface area contributed by atoms with Gasteiger partial charge in [0.05, 0.1) is 17.8 Å². The van der Waals surface area contributed by atoms with E-state index < -0.39 is 11.7 Å². The van der Waals surface area contributed by atoms with Crippen LogP contribution in [-0.4, -0.2) is 33.1 Å². The predicted molar refractivity (Wildman–Crippen MR) is 122 cm³/mol.